The van der Waals surface area contributed by atoms with Crippen molar-refractivity contribution in [1.82, 2.24) is 19.8 Å². The molecule has 0 radical (unpaired) electrons. The average Bonchev–Trinajstić information content (AvgIpc) is 3.47. The van der Waals surface area contributed by atoms with Crippen molar-refractivity contribution in [1.29, 1.82) is 0 Å². The number of pyridine rings is 1. The molecule has 0 aliphatic carbocycles. The number of carbonyl (C=O) groups excluding carboxylic acids is 1. The minimum atomic E-state index is -0.237. The molecule has 1 saturated heterocycles. The number of benzene rings is 3. The lowest BCUT2D eigenvalue weighted by atomic mass is 9.96. The van der Waals surface area contributed by atoms with E-state index in [1.54, 1.807) is 24.4 Å². The summed E-state index contributed by atoms with van der Waals surface area (Å²) in [7, 11) is 0. The van der Waals surface area contributed by atoms with Gasteiger partial charge >= 0.3 is 0 Å². The van der Waals surface area contributed by atoms with E-state index in [9.17, 15) is 9.90 Å². The van der Waals surface area contributed by atoms with Crippen LogP contribution in [0.1, 0.15) is 41.1 Å². The predicted octanol–water partition coefficient (Wildman–Crippen LogP) is 7.00. The largest absolute Gasteiger partial charge is 0.506 e. The molecule has 0 spiro atoms. The van der Waals surface area contributed by atoms with Crippen molar-refractivity contribution in [3.8, 4) is 11.4 Å². The quantitative estimate of drug-likeness (QED) is 0.176. The standard InChI is InChI=1S/C33H30ClN5O2S/c1-20-18-25(21(2)39(20)28-19-23(34)13-14-29(28)40)32-31(27-11-5-6-16-35-27)37-33(42)38(32)17-15-30(41)36-26-12-7-9-22-8-3-4-10-24(22)26/h3-14,16,18-19,31-32,40H,15,17H2,1-2H3,(H,36,41)(H,37,42)/t31-,32-/m1/s1. The van der Waals surface area contributed by atoms with E-state index in [-0.39, 0.29) is 30.2 Å². The van der Waals surface area contributed by atoms with E-state index in [4.69, 9.17) is 23.8 Å². The van der Waals surface area contributed by atoms with Gasteiger partial charge in [0.2, 0.25) is 5.91 Å². The van der Waals surface area contributed by atoms with Gasteiger partial charge in [-0.2, -0.15) is 0 Å². The van der Waals surface area contributed by atoms with Gasteiger partial charge in [0, 0.05) is 46.6 Å². The van der Waals surface area contributed by atoms with Gasteiger partial charge in [0.1, 0.15) is 5.75 Å². The van der Waals surface area contributed by atoms with Crippen molar-refractivity contribution in [3.63, 3.8) is 0 Å². The summed E-state index contributed by atoms with van der Waals surface area (Å²) in [5.41, 5.74) is 5.13. The number of rotatable bonds is 7. The molecule has 3 aromatic carbocycles. The molecule has 0 saturated carbocycles. The van der Waals surface area contributed by atoms with Crippen LogP contribution >= 0.6 is 23.8 Å². The summed E-state index contributed by atoms with van der Waals surface area (Å²) >= 11 is 12.2. The number of aryl methyl sites for hydroxylation is 1. The smallest absolute Gasteiger partial charge is 0.226 e. The fraction of sp³-hybridized carbons (Fsp3) is 0.182. The fourth-order valence-electron chi connectivity index (χ4n) is 5.89. The van der Waals surface area contributed by atoms with E-state index in [0.29, 0.717) is 22.4 Å². The highest BCUT2D eigenvalue weighted by atomic mass is 35.5. The van der Waals surface area contributed by atoms with E-state index >= 15 is 0 Å². The number of carbonyl (C=O) groups is 1. The summed E-state index contributed by atoms with van der Waals surface area (Å²) in [6, 6.07) is 26.3. The Morgan fingerprint density at radius 1 is 1.05 bits per heavy atom. The second-order valence-corrected chi connectivity index (χ2v) is 11.3. The Balaban J connectivity index is 1.33. The third kappa shape index (κ3) is 5.19. The zero-order valence-electron chi connectivity index (χ0n) is 23.2. The molecule has 3 N–H and O–H groups in total. The molecule has 1 aliphatic heterocycles. The number of nitrogens with zero attached hydrogens (tertiary/aromatic N) is 3. The van der Waals surface area contributed by atoms with Gasteiger partial charge < -0.3 is 25.2 Å². The molecule has 9 heteroatoms. The number of hydrogen-bond acceptors (Lipinski definition) is 4. The summed E-state index contributed by atoms with van der Waals surface area (Å²) in [6.45, 7) is 4.42. The Kier molecular flexibility index (Phi) is 7.58. The Morgan fingerprint density at radius 2 is 1.83 bits per heavy atom. The summed E-state index contributed by atoms with van der Waals surface area (Å²) in [5, 5.41) is 20.4. The molecule has 1 amide bonds. The number of nitrogens with one attached hydrogen (secondary N) is 2. The highest BCUT2D eigenvalue weighted by Crippen LogP contribution is 2.42. The summed E-state index contributed by atoms with van der Waals surface area (Å²) in [6.07, 6.45) is 2.01. The van der Waals surface area contributed by atoms with Gasteiger partial charge in [-0.15, -0.1) is 0 Å². The number of aromatic hydroxyl groups is 1. The van der Waals surface area contributed by atoms with Gasteiger partial charge in [0.25, 0.3) is 0 Å². The third-order valence-electron chi connectivity index (χ3n) is 7.81. The number of anilines is 1. The number of aromatic nitrogens is 2. The van der Waals surface area contributed by atoms with E-state index in [1.807, 2.05) is 79.1 Å². The predicted molar refractivity (Wildman–Crippen MR) is 171 cm³/mol. The van der Waals surface area contributed by atoms with Gasteiger partial charge in [-0.3, -0.25) is 9.78 Å². The Morgan fingerprint density at radius 3 is 2.64 bits per heavy atom. The van der Waals surface area contributed by atoms with Gasteiger partial charge in [0.05, 0.1) is 23.5 Å². The summed E-state index contributed by atoms with van der Waals surface area (Å²) in [4.78, 5) is 19.9. The Bertz CT molecular complexity index is 1800. The highest BCUT2D eigenvalue weighted by Gasteiger charge is 2.41. The second-order valence-electron chi connectivity index (χ2n) is 10.4. The topological polar surface area (TPSA) is 82.4 Å². The SMILES string of the molecule is Cc1cc([C@@H]2[C@@H](c3ccccn3)NC(=S)N2CCC(=O)Nc2cccc3ccccc23)c(C)n1-c1cc(Cl)ccc1O. The molecule has 0 bridgehead atoms. The first-order valence-electron chi connectivity index (χ1n) is 13.7. The molecule has 1 aliphatic rings. The van der Waals surface area contributed by atoms with E-state index in [0.717, 1.165) is 39.1 Å². The van der Waals surface area contributed by atoms with E-state index < -0.39 is 0 Å². The third-order valence-corrected chi connectivity index (χ3v) is 8.40. The molecule has 7 nitrogen and oxygen atoms in total. The zero-order valence-corrected chi connectivity index (χ0v) is 24.8. The van der Waals surface area contributed by atoms with Crippen LogP contribution in [0.15, 0.2) is 91.1 Å². The number of phenolic OH excluding ortho intramolecular Hbond substituents is 1. The van der Waals surface area contributed by atoms with Gasteiger partial charge in [-0.05, 0) is 79.5 Å². The first-order valence-corrected chi connectivity index (χ1v) is 14.5. The van der Waals surface area contributed by atoms with E-state index in [2.05, 4.69) is 26.6 Å². The maximum Gasteiger partial charge on any atom is 0.226 e. The van der Waals surface area contributed by atoms with Crippen molar-refractivity contribution in [2.24, 2.45) is 0 Å². The average molecular weight is 596 g/mol. The van der Waals surface area contributed by atoms with Crippen LogP contribution in [0.4, 0.5) is 5.69 Å². The zero-order chi connectivity index (χ0) is 29.4. The monoisotopic (exact) mass is 595 g/mol. The maximum absolute atomic E-state index is 13.2. The number of phenols is 1. The van der Waals surface area contributed by atoms with Crippen molar-refractivity contribution in [3.05, 3.63) is 119 Å². The molecule has 0 unspecified atom stereocenters. The van der Waals surface area contributed by atoms with Crippen LogP contribution < -0.4 is 10.6 Å². The molecule has 5 aromatic rings. The maximum atomic E-state index is 13.2. The van der Waals surface area contributed by atoms with Crippen LogP contribution in [0, 0.1) is 13.8 Å². The molecule has 42 heavy (non-hydrogen) atoms. The summed E-state index contributed by atoms with van der Waals surface area (Å²) < 4.78 is 2.00. The molecule has 6 rings (SSSR count). The Labute approximate surface area is 254 Å². The molecule has 2 atom stereocenters. The van der Waals surface area contributed by atoms with Crippen molar-refractivity contribution in [2.45, 2.75) is 32.4 Å². The molecular formula is C33H30ClN5O2S. The van der Waals surface area contributed by atoms with Crippen LogP contribution in [0.2, 0.25) is 5.02 Å². The lowest BCUT2D eigenvalue weighted by Gasteiger charge is -2.28. The van der Waals surface area contributed by atoms with Gasteiger partial charge in [0.15, 0.2) is 5.11 Å². The number of halogens is 1. The molecule has 2 aromatic heterocycles. The lowest BCUT2D eigenvalue weighted by molar-refractivity contribution is -0.116. The van der Waals surface area contributed by atoms with Gasteiger partial charge in [-0.25, -0.2) is 0 Å². The van der Waals surface area contributed by atoms with Crippen LogP contribution in [0.25, 0.3) is 16.5 Å². The van der Waals surface area contributed by atoms with Crippen molar-refractivity contribution >= 4 is 51.3 Å². The normalized spacial score (nSPS) is 16.5. The lowest BCUT2D eigenvalue weighted by Crippen LogP contribution is -2.33. The summed E-state index contributed by atoms with van der Waals surface area (Å²) in [5.74, 6) is 0.0413. The fourth-order valence-corrected chi connectivity index (χ4v) is 6.39. The van der Waals surface area contributed by atoms with Crippen LogP contribution in [0.5, 0.6) is 5.75 Å². The number of hydrogen-bond donors (Lipinski definition) is 3. The number of amides is 1. The molecular weight excluding hydrogens is 566 g/mol. The molecule has 3 heterocycles. The van der Waals surface area contributed by atoms with Crippen LogP contribution in [0.3, 0.4) is 0 Å². The second kappa shape index (κ2) is 11.5. The van der Waals surface area contributed by atoms with Crippen molar-refractivity contribution in [2.75, 3.05) is 11.9 Å². The van der Waals surface area contributed by atoms with Crippen LogP contribution in [-0.2, 0) is 4.79 Å². The minimum absolute atomic E-state index is 0.0940. The molecule has 1 fully saturated rings. The van der Waals surface area contributed by atoms with Crippen LogP contribution in [-0.4, -0.2) is 37.1 Å². The van der Waals surface area contributed by atoms with E-state index in [1.165, 1.54) is 0 Å². The number of thiocarbonyl (C=S) groups is 1. The van der Waals surface area contributed by atoms with Gasteiger partial charge in [-0.1, -0.05) is 54.1 Å². The number of fused-ring (bicyclic) bond motifs is 1. The van der Waals surface area contributed by atoms with Crippen molar-refractivity contribution < 1.29 is 9.90 Å². The first-order chi connectivity index (χ1) is 20.3. The molecule has 212 valence electrons. The Hall–Kier alpha value is -4.40. The highest BCUT2D eigenvalue weighted by molar-refractivity contribution is 7.80. The first kappa shape index (κ1) is 27.8. The minimum Gasteiger partial charge on any atom is -0.506 e.